The largest absolute Gasteiger partial charge is 0.255 e. The molecular weight excluding hydrogens is 326 g/mol. The zero-order valence-electron chi connectivity index (χ0n) is 24.2. The molecule has 1 saturated carbocycles. The number of aromatic nitrogens is 1. The van der Waals surface area contributed by atoms with Crippen molar-refractivity contribution in [2.24, 2.45) is 0 Å². The van der Waals surface area contributed by atoms with Gasteiger partial charge in [-0.15, -0.1) is 0 Å². The summed E-state index contributed by atoms with van der Waals surface area (Å²) in [6.07, 6.45) is -16.1. The molecule has 0 bridgehead atoms. The maximum absolute atomic E-state index is 8.89. The lowest BCUT2D eigenvalue weighted by Gasteiger charge is -2.22. The van der Waals surface area contributed by atoms with E-state index in [0.29, 0.717) is 21.8 Å². The van der Waals surface area contributed by atoms with Gasteiger partial charge in [0, 0.05) is 32.4 Å². The first-order chi connectivity index (χ1) is 16.4. The van der Waals surface area contributed by atoms with Gasteiger partial charge in [-0.3, -0.25) is 4.98 Å². The minimum absolute atomic E-state index is 0.312. The standard InChI is InChI=1S/C23H22ClN/c24-22-16-25-23(20-9-5-2-6-10-20)15-21(22)19-13-11-18(12-14-19)17-7-3-1-4-8-17/h2,5-6,9-17H,1,3-4,7-8H2/i1D2,3D2,4D2,7D2,8D2,17D. The van der Waals surface area contributed by atoms with Gasteiger partial charge in [-0.1, -0.05) is 85.3 Å². The third kappa shape index (κ3) is 3.62. The van der Waals surface area contributed by atoms with Crippen LogP contribution >= 0.6 is 11.6 Å². The molecule has 1 heterocycles. The molecule has 0 saturated heterocycles. The van der Waals surface area contributed by atoms with Gasteiger partial charge in [0.05, 0.1) is 10.7 Å². The van der Waals surface area contributed by atoms with Crippen molar-refractivity contribution in [1.82, 2.24) is 4.98 Å². The fourth-order valence-corrected chi connectivity index (χ4v) is 2.85. The van der Waals surface area contributed by atoms with Gasteiger partial charge < -0.3 is 0 Å². The smallest absolute Gasteiger partial charge is 0.0709 e. The highest BCUT2D eigenvalue weighted by molar-refractivity contribution is 6.33. The molecule has 1 nitrogen and oxygen atoms in total. The second kappa shape index (κ2) is 7.41. The van der Waals surface area contributed by atoms with Gasteiger partial charge in [-0.25, -0.2) is 0 Å². The molecule has 1 aromatic heterocycles. The average Bonchev–Trinajstić information content (AvgIpc) is 2.83. The number of rotatable bonds is 3. The molecule has 2 heteroatoms. The lowest BCUT2D eigenvalue weighted by atomic mass is 9.84. The Hall–Kier alpha value is -2.12. The quantitative estimate of drug-likeness (QED) is 0.485. The average molecular weight is 359 g/mol. The van der Waals surface area contributed by atoms with Crippen LogP contribution in [0.5, 0.6) is 0 Å². The Kier molecular flexibility index (Phi) is 2.39. The highest BCUT2D eigenvalue weighted by Crippen LogP contribution is 2.35. The fourth-order valence-electron chi connectivity index (χ4n) is 2.64. The predicted molar refractivity (Wildman–Crippen MR) is 106 cm³/mol. The number of pyridine rings is 1. The summed E-state index contributed by atoms with van der Waals surface area (Å²) >= 11 is 6.37. The van der Waals surface area contributed by atoms with Crippen LogP contribution in [0.2, 0.25) is 5.02 Å². The Morgan fingerprint density at radius 1 is 0.920 bits per heavy atom. The Morgan fingerprint density at radius 3 is 2.36 bits per heavy atom. The third-order valence-corrected chi connectivity index (χ3v) is 4.21. The SMILES string of the molecule is [2H]C1([2H])C([2H])([2H])C([2H])([2H])C([2H])(c2ccc(-c3cc(-c4ccccc4)ncc3Cl)cc2)C([2H])([2H])C1([2H])[2H]. The molecule has 0 N–H and O–H groups in total. The third-order valence-electron chi connectivity index (χ3n) is 3.91. The van der Waals surface area contributed by atoms with Gasteiger partial charge in [-0.2, -0.15) is 0 Å². The van der Waals surface area contributed by atoms with Crippen LogP contribution in [-0.2, 0) is 0 Å². The van der Waals surface area contributed by atoms with Crippen molar-refractivity contribution < 1.29 is 15.1 Å². The van der Waals surface area contributed by atoms with Gasteiger partial charge in [0.25, 0.3) is 0 Å². The summed E-state index contributed by atoms with van der Waals surface area (Å²) in [5.74, 6) is -3.13. The van der Waals surface area contributed by atoms with Gasteiger partial charge >= 0.3 is 0 Å². The van der Waals surface area contributed by atoms with Gasteiger partial charge in [0.2, 0.25) is 0 Å². The highest BCUT2D eigenvalue weighted by atomic mass is 35.5. The first kappa shape index (κ1) is 8.05. The molecule has 2 aromatic carbocycles. The van der Waals surface area contributed by atoms with Crippen molar-refractivity contribution in [3.05, 3.63) is 77.4 Å². The van der Waals surface area contributed by atoms with Crippen LogP contribution in [0.1, 0.15) is 58.4 Å². The molecule has 1 fully saturated rings. The van der Waals surface area contributed by atoms with E-state index < -0.39 is 37.8 Å². The van der Waals surface area contributed by atoms with Crippen LogP contribution in [0.25, 0.3) is 22.4 Å². The number of hydrogen-bond acceptors (Lipinski definition) is 1. The topological polar surface area (TPSA) is 12.9 Å². The van der Waals surface area contributed by atoms with Crippen LogP contribution in [0, 0.1) is 0 Å². The summed E-state index contributed by atoms with van der Waals surface area (Å²) < 4.78 is 91.1. The van der Waals surface area contributed by atoms with Crippen molar-refractivity contribution in [3.63, 3.8) is 0 Å². The summed E-state index contributed by atoms with van der Waals surface area (Å²) in [4.78, 5) is 4.34. The van der Waals surface area contributed by atoms with E-state index in [4.69, 9.17) is 26.7 Å². The van der Waals surface area contributed by atoms with E-state index >= 15 is 0 Å². The lowest BCUT2D eigenvalue weighted by molar-refractivity contribution is 0.443. The second-order valence-electron chi connectivity index (χ2n) is 5.49. The van der Waals surface area contributed by atoms with E-state index in [-0.39, 0.29) is 5.56 Å². The highest BCUT2D eigenvalue weighted by Gasteiger charge is 2.15. The first-order valence-electron chi connectivity index (χ1n) is 13.3. The Morgan fingerprint density at radius 2 is 1.64 bits per heavy atom. The van der Waals surface area contributed by atoms with Crippen molar-refractivity contribution in [2.45, 2.75) is 37.8 Å². The molecular formula is C23H22ClN. The molecule has 3 aromatic rings. The first-order valence-corrected chi connectivity index (χ1v) is 8.15. The van der Waals surface area contributed by atoms with E-state index in [1.54, 1.807) is 6.07 Å². The van der Waals surface area contributed by atoms with Crippen molar-refractivity contribution in [2.75, 3.05) is 0 Å². The Labute approximate surface area is 170 Å². The van der Waals surface area contributed by atoms with Crippen LogP contribution in [0.3, 0.4) is 0 Å². The number of halogens is 1. The normalized spacial score (nSPS) is 33.1. The van der Waals surface area contributed by atoms with Gasteiger partial charge in [-0.05, 0) is 35.8 Å². The summed E-state index contributed by atoms with van der Waals surface area (Å²) in [6, 6.07) is 16.5. The second-order valence-corrected chi connectivity index (χ2v) is 5.90. The number of hydrogen-bond donors (Lipinski definition) is 0. The Balaban J connectivity index is 1.85. The molecule has 0 radical (unpaired) electrons. The van der Waals surface area contributed by atoms with Crippen molar-refractivity contribution >= 4 is 11.6 Å². The predicted octanol–water partition coefficient (Wildman–Crippen LogP) is 7.12. The molecule has 0 aliphatic heterocycles. The molecule has 0 amide bonds. The fraction of sp³-hybridized carbons (Fsp3) is 0.261. The van der Waals surface area contributed by atoms with E-state index in [0.717, 1.165) is 5.56 Å². The van der Waals surface area contributed by atoms with Crippen LogP contribution in [-0.4, -0.2) is 4.98 Å². The lowest BCUT2D eigenvalue weighted by Crippen LogP contribution is -2.04. The van der Waals surface area contributed by atoms with Gasteiger partial charge in [0.15, 0.2) is 0 Å². The van der Waals surface area contributed by atoms with Crippen LogP contribution in [0.15, 0.2) is 66.9 Å². The summed E-state index contributed by atoms with van der Waals surface area (Å²) in [5, 5.41) is 0.312. The van der Waals surface area contributed by atoms with E-state index in [1.165, 1.54) is 30.5 Å². The minimum Gasteiger partial charge on any atom is -0.255 e. The molecule has 4 rings (SSSR count). The zero-order chi connectivity index (χ0) is 26.9. The summed E-state index contributed by atoms with van der Waals surface area (Å²) in [5.41, 5.74) is 2.25. The van der Waals surface area contributed by atoms with Crippen molar-refractivity contribution in [1.29, 1.82) is 0 Å². The molecule has 126 valence electrons. The zero-order valence-corrected chi connectivity index (χ0v) is 13.9. The molecule has 1 aliphatic carbocycles. The molecule has 0 atom stereocenters. The summed E-state index contributed by atoms with van der Waals surface area (Å²) in [7, 11) is 0. The maximum Gasteiger partial charge on any atom is 0.0709 e. The molecule has 1 aliphatic rings. The van der Waals surface area contributed by atoms with Gasteiger partial charge in [0.1, 0.15) is 0 Å². The number of nitrogens with zero attached hydrogens (tertiary/aromatic N) is 1. The van der Waals surface area contributed by atoms with E-state index in [2.05, 4.69) is 4.98 Å². The van der Waals surface area contributed by atoms with E-state index in [9.17, 15) is 0 Å². The Bertz CT molecular complexity index is 1260. The maximum atomic E-state index is 8.89. The minimum atomic E-state index is -3.56. The number of benzene rings is 2. The van der Waals surface area contributed by atoms with Crippen LogP contribution in [0.4, 0.5) is 0 Å². The molecule has 0 unspecified atom stereocenters. The monoisotopic (exact) mass is 358 g/mol. The molecule has 25 heavy (non-hydrogen) atoms. The van der Waals surface area contributed by atoms with Crippen molar-refractivity contribution in [3.8, 4) is 22.4 Å². The molecule has 0 spiro atoms. The summed E-state index contributed by atoms with van der Waals surface area (Å²) in [6.45, 7) is 0. The van der Waals surface area contributed by atoms with E-state index in [1.807, 2.05) is 30.3 Å². The van der Waals surface area contributed by atoms with Crippen LogP contribution < -0.4 is 0 Å².